The van der Waals surface area contributed by atoms with E-state index < -0.39 is 0 Å². The van der Waals surface area contributed by atoms with Crippen molar-refractivity contribution in [1.82, 2.24) is 10.2 Å². The molecular formula is C25H28ClN3O4. The normalized spacial score (nSPS) is 17.2. The van der Waals surface area contributed by atoms with Gasteiger partial charge in [0.25, 0.3) is 5.91 Å². The van der Waals surface area contributed by atoms with Gasteiger partial charge in [0.1, 0.15) is 12.4 Å². The lowest BCUT2D eigenvalue weighted by Gasteiger charge is -2.36. The van der Waals surface area contributed by atoms with Crippen molar-refractivity contribution in [2.75, 3.05) is 57.6 Å². The van der Waals surface area contributed by atoms with Crippen molar-refractivity contribution in [3.05, 3.63) is 52.6 Å². The van der Waals surface area contributed by atoms with E-state index in [9.17, 15) is 4.79 Å². The Morgan fingerprint density at radius 3 is 2.64 bits per heavy atom. The van der Waals surface area contributed by atoms with Crippen LogP contribution in [-0.2, 0) is 4.79 Å². The van der Waals surface area contributed by atoms with Crippen LogP contribution in [0.5, 0.6) is 17.2 Å². The highest BCUT2D eigenvalue weighted by Crippen LogP contribution is 2.35. The second kappa shape index (κ2) is 9.93. The van der Waals surface area contributed by atoms with Gasteiger partial charge in [-0.1, -0.05) is 11.6 Å². The van der Waals surface area contributed by atoms with Crippen LogP contribution in [0.4, 0.5) is 5.69 Å². The summed E-state index contributed by atoms with van der Waals surface area (Å²) in [5, 5.41) is 3.65. The average Bonchev–Trinajstić information content (AvgIpc) is 3.31. The molecule has 2 aromatic carbocycles. The van der Waals surface area contributed by atoms with Crippen LogP contribution < -0.4 is 24.4 Å². The zero-order chi connectivity index (χ0) is 22.6. The lowest BCUT2D eigenvalue weighted by Crippen LogP contribution is -2.46. The van der Waals surface area contributed by atoms with Gasteiger partial charge in [0.15, 0.2) is 11.5 Å². The van der Waals surface area contributed by atoms with Crippen LogP contribution in [0.25, 0.3) is 6.08 Å². The van der Waals surface area contributed by atoms with Crippen molar-refractivity contribution in [2.24, 2.45) is 0 Å². The first kappa shape index (κ1) is 21.9. The summed E-state index contributed by atoms with van der Waals surface area (Å²) in [6.45, 7) is 6.36. The number of carbonyl (C=O) groups is 1. The molecule has 1 fully saturated rings. The van der Waals surface area contributed by atoms with Crippen LogP contribution in [0, 0.1) is 0 Å². The highest BCUT2D eigenvalue weighted by Gasteiger charge is 2.20. The van der Waals surface area contributed by atoms with Crippen LogP contribution in [0.2, 0.25) is 5.02 Å². The first-order valence-corrected chi connectivity index (χ1v) is 11.8. The van der Waals surface area contributed by atoms with Gasteiger partial charge < -0.3 is 24.4 Å². The summed E-state index contributed by atoms with van der Waals surface area (Å²) < 4.78 is 16.6. The molecule has 3 aliphatic heterocycles. The van der Waals surface area contributed by atoms with Crippen LogP contribution in [-0.4, -0.2) is 63.5 Å². The molecule has 3 aliphatic rings. The molecule has 1 amide bonds. The minimum absolute atomic E-state index is 0.0713. The number of anilines is 1. The largest absolute Gasteiger partial charge is 0.488 e. The van der Waals surface area contributed by atoms with Crippen molar-refractivity contribution in [2.45, 2.75) is 12.8 Å². The molecule has 174 valence electrons. The quantitative estimate of drug-likeness (QED) is 0.625. The maximum atomic E-state index is 12.5. The zero-order valence-electron chi connectivity index (χ0n) is 18.5. The third-order valence-corrected chi connectivity index (χ3v) is 6.49. The maximum absolute atomic E-state index is 12.5. The molecule has 33 heavy (non-hydrogen) atoms. The molecule has 0 bridgehead atoms. The Labute approximate surface area is 198 Å². The lowest BCUT2D eigenvalue weighted by atomic mass is 10.1. The number of nitrogens with zero attached hydrogens (tertiary/aromatic N) is 2. The molecule has 0 unspecified atom stereocenters. The predicted molar refractivity (Wildman–Crippen MR) is 128 cm³/mol. The highest BCUT2D eigenvalue weighted by atomic mass is 35.5. The van der Waals surface area contributed by atoms with E-state index in [4.69, 9.17) is 25.8 Å². The summed E-state index contributed by atoms with van der Waals surface area (Å²) in [7, 11) is 0. The van der Waals surface area contributed by atoms with Gasteiger partial charge in [-0.3, -0.25) is 9.69 Å². The van der Waals surface area contributed by atoms with Crippen molar-refractivity contribution in [1.29, 1.82) is 0 Å². The summed E-state index contributed by atoms with van der Waals surface area (Å²) in [6, 6.07) is 11.6. The van der Waals surface area contributed by atoms with Crippen LogP contribution in [0.3, 0.4) is 0 Å². The molecule has 0 atom stereocenters. The fraction of sp³-hybridized carbons (Fsp3) is 0.400. The van der Waals surface area contributed by atoms with Gasteiger partial charge in [-0.05, 0) is 55.8 Å². The lowest BCUT2D eigenvalue weighted by molar-refractivity contribution is -0.117. The third-order valence-electron chi connectivity index (χ3n) is 6.26. The molecule has 0 aliphatic carbocycles. The zero-order valence-corrected chi connectivity index (χ0v) is 19.3. The van der Waals surface area contributed by atoms with Crippen molar-refractivity contribution < 1.29 is 19.0 Å². The standard InChI is InChI=1S/C25H28ClN3O4/c26-20-3-5-22-18(14-20)13-19(16-31-22)25(30)27-7-1-2-8-28-9-11-29(12-10-28)21-4-6-23-24(15-21)33-17-32-23/h3-6,13-15H,1-2,7-12,16-17H2,(H,27,30). The molecule has 7 nitrogen and oxygen atoms in total. The Balaban J connectivity index is 1.00. The minimum atomic E-state index is -0.0713. The Morgan fingerprint density at radius 1 is 0.939 bits per heavy atom. The van der Waals surface area contributed by atoms with Crippen molar-refractivity contribution >= 4 is 29.3 Å². The van der Waals surface area contributed by atoms with Gasteiger partial charge in [0.2, 0.25) is 6.79 Å². The molecule has 0 aromatic heterocycles. The Kier molecular flexibility index (Phi) is 6.60. The van der Waals surface area contributed by atoms with E-state index in [1.165, 1.54) is 5.69 Å². The summed E-state index contributed by atoms with van der Waals surface area (Å²) in [6.07, 6.45) is 3.86. The highest BCUT2D eigenvalue weighted by molar-refractivity contribution is 6.30. The molecule has 5 rings (SSSR count). The maximum Gasteiger partial charge on any atom is 0.250 e. The molecule has 1 N–H and O–H groups in total. The van der Waals surface area contributed by atoms with Crippen LogP contribution in [0.15, 0.2) is 42.0 Å². The molecule has 0 spiro atoms. The second-order valence-corrected chi connectivity index (χ2v) is 8.91. The number of amides is 1. The van der Waals surface area contributed by atoms with E-state index >= 15 is 0 Å². The van der Waals surface area contributed by atoms with Gasteiger partial charge in [0.05, 0.1) is 5.57 Å². The predicted octanol–water partition coefficient (Wildman–Crippen LogP) is 3.56. The van der Waals surface area contributed by atoms with Gasteiger partial charge in [-0.25, -0.2) is 0 Å². The fourth-order valence-electron chi connectivity index (χ4n) is 4.37. The molecule has 0 radical (unpaired) electrons. The first-order valence-electron chi connectivity index (χ1n) is 11.4. The van der Waals surface area contributed by atoms with Crippen LogP contribution in [0.1, 0.15) is 18.4 Å². The topological polar surface area (TPSA) is 63.3 Å². The number of unbranched alkanes of at least 4 members (excludes halogenated alkanes) is 1. The molecule has 0 saturated carbocycles. The van der Waals surface area contributed by atoms with Gasteiger partial charge >= 0.3 is 0 Å². The number of carbonyl (C=O) groups excluding carboxylic acids is 1. The number of hydrogen-bond donors (Lipinski definition) is 1. The molecule has 8 heteroatoms. The number of halogens is 1. The first-order chi connectivity index (χ1) is 16.2. The fourth-order valence-corrected chi connectivity index (χ4v) is 4.55. The third kappa shape index (κ3) is 5.20. The Morgan fingerprint density at radius 2 is 1.76 bits per heavy atom. The summed E-state index contributed by atoms with van der Waals surface area (Å²) in [5.74, 6) is 2.35. The van der Waals surface area contributed by atoms with E-state index in [-0.39, 0.29) is 12.5 Å². The van der Waals surface area contributed by atoms with Crippen molar-refractivity contribution in [3.63, 3.8) is 0 Å². The second-order valence-electron chi connectivity index (χ2n) is 8.47. The smallest absolute Gasteiger partial charge is 0.250 e. The Bertz CT molecular complexity index is 1050. The molecular weight excluding hydrogens is 442 g/mol. The van der Waals surface area contributed by atoms with E-state index in [1.54, 1.807) is 6.07 Å². The Hall–Kier alpha value is -2.90. The monoisotopic (exact) mass is 469 g/mol. The number of fused-ring (bicyclic) bond motifs is 2. The summed E-state index contributed by atoms with van der Waals surface area (Å²) in [5.41, 5.74) is 2.66. The number of ether oxygens (including phenoxy) is 3. The van der Waals surface area contributed by atoms with E-state index in [2.05, 4.69) is 27.2 Å². The number of benzene rings is 2. The number of nitrogens with one attached hydrogen (secondary N) is 1. The summed E-state index contributed by atoms with van der Waals surface area (Å²) in [4.78, 5) is 17.4. The molecule has 1 saturated heterocycles. The molecule has 2 aromatic rings. The van der Waals surface area contributed by atoms with E-state index in [1.807, 2.05) is 24.3 Å². The average molecular weight is 470 g/mol. The van der Waals surface area contributed by atoms with E-state index in [0.29, 0.717) is 23.9 Å². The van der Waals surface area contributed by atoms with Crippen LogP contribution >= 0.6 is 11.6 Å². The number of rotatable bonds is 7. The van der Waals surface area contributed by atoms with Crippen molar-refractivity contribution in [3.8, 4) is 17.2 Å². The SMILES string of the molecule is O=C(NCCCCN1CCN(c2ccc3c(c2)OCO3)CC1)C1=Cc2cc(Cl)ccc2OC1. The number of hydrogen-bond acceptors (Lipinski definition) is 6. The minimum Gasteiger partial charge on any atom is -0.488 e. The number of piperazine rings is 1. The van der Waals surface area contributed by atoms with Gasteiger partial charge in [-0.15, -0.1) is 0 Å². The van der Waals surface area contributed by atoms with Gasteiger partial charge in [-0.2, -0.15) is 0 Å². The summed E-state index contributed by atoms with van der Waals surface area (Å²) >= 11 is 6.04. The van der Waals surface area contributed by atoms with E-state index in [0.717, 1.165) is 68.4 Å². The van der Waals surface area contributed by atoms with Gasteiger partial charge in [0, 0.05) is 55.1 Å². The molecule has 3 heterocycles.